The normalized spacial score (nSPS) is 13.6. The molecular weight excluding hydrogens is 418 g/mol. The highest BCUT2D eigenvalue weighted by atomic mass is 35.5. The first-order valence-electron chi connectivity index (χ1n) is 9.81. The molecule has 0 saturated heterocycles. The van der Waals surface area contributed by atoms with Crippen molar-refractivity contribution in [3.8, 4) is 0 Å². The number of carbonyl (C=O) groups excluding carboxylic acids is 2. The van der Waals surface area contributed by atoms with Crippen LogP contribution in [0.15, 0.2) is 66.0 Å². The van der Waals surface area contributed by atoms with Gasteiger partial charge in [0, 0.05) is 35.2 Å². The summed E-state index contributed by atoms with van der Waals surface area (Å²) in [4.78, 5) is 28.1. The molecule has 3 aromatic rings. The van der Waals surface area contributed by atoms with Gasteiger partial charge in [0.15, 0.2) is 0 Å². The van der Waals surface area contributed by atoms with Crippen LogP contribution >= 0.6 is 22.9 Å². The number of hydrogen-bond acceptors (Lipinski definition) is 4. The summed E-state index contributed by atoms with van der Waals surface area (Å²) in [6.07, 6.45) is 0.977. The van der Waals surface area contributed by atoms with Crippen molar-refractivity contribution in [1.82, 2.24) is 10.6 Å². The number of hydrogen-bond donors (Lipinski definition) is 2. The van der Waals surface area contributed by atoms with Gasteiger partial charge in [0.05, 0.1) is 6.04 Å². The highest BCUT2D eigenvalue weighted by Gasteiger charge is 2.28. The molecule has 2 N–H and O–H groups in total. The largest absolute Gasteiger partial charge is 0.361 e. The van der Waals surface area contributed by atoms with E-state index in [-0.39, 0.29) is 12.6 Å². The van der Waals surface area contributed by atoms with Crippen molar-refractivity contribution in [2.24, 2.45) is 0 Å². The lowest BCUT2D eigenvalue weighted by Gasteiger charge is -2.30. The van der Waals surface area contributed by atoms with E-state index >= 15 is 0 Å². The molecule has 30 heavy (non-hydrogen) atoms. The lowest BCUT2D eigenvalue weighted by Crippen LogP contribution is -2.43. The molecule has 0 radical (unpaired) electrons. The SMILES string of the molecule is O=C(NCc1ccccc1Cl)C(=O)NC[C@@H](c1cccs1)N1CCc2ccccc21. The molecule has 1 atom stereocenters. The van der Waals surface area contributed by atoms with Crippen LogP contribution in [0.5, 0.6) is 0 Å². The maximum atomic E-state index is 12.4. The third-order valence-electron chi connectivity index (χ3n) is 5.23. The molecule has 5 nitrogen and oxygen atoms in total. The van der Waals surface area contributed by atoms with Crippen LogP contribution < -0.4 is 15.5 Å². The molecule has 2 amide bonds. The van der Waals surface area contributed by atoms with Gasteiger partial charge in [-0.1, -0.05) is 54.1 Å². The van der Waals surface area contributed by atoms with Gasteiger partial charge >= 0.3 is 11.8 Å². The van der Waals surface area contributed by atoms with Gasteiger partial charge in [-0.05, 0) is 41.1 Å². The fraction of sp³-hybridized carbons (Fsp3) is 0.217. The van der Waals surface area contributed by atoms with Crippen LogP contribution in [0.4, 0.5) is 5.69 Å². The summed E-state index contributed by atoms with van der Waals surface area (Å²) >= 11 is 7.76. The van der Waals surface area contributed by atoms with Gasteiger partial charge < -0.3 is 15.5 Å². The molecule has 0 unspecified atom stereocenters. The summed E-state index contributed by atoms with van der Waals surface area (Å²) in [5.41, 5.74) is 3.27. The van der Waals surface area contributed by atoms with E-state index in [1.165, 1.54) is 11.3 Å². The van der Waals surface area contributed by atoms with Gasteiger partial charge in [-0.25, -0.2) is 0 Å². The molecule has 2 aromatic carbocycles. The van der Waals surface area contributed by atoms with E-state index in [0.29, 0.717) is 11.6 Å². The average molecular weight is 440 g/mol. The second kappa shape index (κ2) is 9.32. The molecule has 1 aliphatic heterocycles. The Balaban J connectivity index is 1.40. The molecule has 0 saturated carbocycles. The Morgan fingerprint density at radius 1 is 1.00 bits per heavy atom. The number of amides is 2. The first kappa shape index (κ1) is 20.4. The van der Waals surface area contributed by atoms with E-state index in [4.69, 9.17) is 11.6 Å². The number of fused-ring (bicyclic) bond motifs is 1. The third-order valence-corrected chi connectivity index (χ3v) is 6.57. The first-order chi connectivity index (χ1) is 14.6. The summed E-state index contributed by atoms with van der Waals surface area (Å²) in [5, 5.41) is 8.04. The molecule has 1 aliphatic rings. The first-order valence-corrected chi connectivity index (χ1v) is 11.1. The van der Waals surface area contributed by atoms with Crippen molar-refractivity contribution < 1.29 is 9.59 Å². The van der Waals surface area contributed by atoms with Crippen molar-refractivity contribution in [1.29, 1.82) is 0 Å². The molecule has 7 heteroatoms. The highest BCUT2D eigenvalue weighted by molar-refractivity contribution is 7.10. The van der Waals surface area contributed by atoms with Gasteiger partial charge in [-0.3, -0.25) is 9.59 Å². The molecule has 1 aromatic heterocycles. The highest BCUT2D eigenvalue weighted by Crippen LogP contribution is 2.36. The molecule has 0 bridgehead atoms. The minimum Gasteiger partial charge on any atom is -0.361 e. The Bertz CT molecular complexity index is 1040. The topological polar surface area (TPSA) is 61.4 Å². The van der Waals surface area contributed by atoms with Gasteiger partial charge in [0.25, 0.3) is 0 Å². The Kier molecular flexibility index (Phi) is 6.35. The van der Waals surface area contributed by atoms with E-state index in [1.807, 2.05) is 41.8 Å². The zero-order valence-corrected chi connectivity index (χ0v) is 17.9. The minimum atomic E-state index is -0.665. The fourth-order valence-corrected chi connectivity index (χ4v) is 4.74. The standard InChI is InChI=1S/C23H22ClN3O2S/c24-18-8-3-1-7-17(18)14-25-22(28)23(29)26-15-20(21-10-5-13-30-21)27-12-11-16-6-2-4-9-19(16)27/h1-10,13,20H,11-12,14-15H2,(H,25,28)(H,26,29)/t20-/m0/s1. The van der Waals surface area contributed by atoms with E-state index < -0.39 is 11.8 Å². The van der Waals surface area contributed by atoms with Crippen LogP contribution in [0.1, 0.15) is 22.0 Å². The van der Waals surface area contributed by atoms with Crippen molar-refractivity contribution in [3.05, 3.63) is 87.1 Å². The zero-order chi connectivity index (χ0) is 20.9. The van der Waals surface area contributed by atoms with Crippen LogP contribution in [0, 0.1) is 0 Å². The Morgan fingerprint density at radius 2 is 1.77 bits per heavy atom. The number of thiophene rings is 1. The van der Waals surface area contributed by atoms with Crippen LogP contribution in [0.25, 0.3) is 0 Å². The number of benzene rings is 2. The number of rotatable bonds is 6. The maximum Gasteiger partial charge on any atom is 0.309 e. The van der Waals surface area contributed by atoms with E-state index in [2.05, 4.69) is 33.7 Å². The van der Waals surface area contributed by atoms with E-state index in [9.17, 15) is 9.59 Å². The summed E-state index contributed by atoms with van der Waals surface area (Å²) in [5.74, 6) is -1.31. The summed E-state index contributed by atoms with van der Waals surface area (Å²) in [7, 11) is 0. The number of carbonyl (C=O) groups is 2. The van der Waals surface area contributed by atoms with E-state index in [0.717, 1.165) is 23.4 Å². The zero-order valence-electron chi connectivity index (χ0n) is 16.3. The number of para-hydroxylation sites is 1. The lowest BCUT2D eigenvalue weighted by molar-refractivity contribution is -0.139. The van der Waals surface area contributed by atoms with Crippen LogP contribution in [0.2, 0.25) is 5.02 Å². The van der Waals surface area contributed by atoms with Crippen molar-refractivity contribution in [2.45, 2.75) is 19.0 Å². The number of halogens is 1. The van der Waals surface area contributed by atoms with E-state index in [1.54, 1.807) is 17.4 Å². The summed E-state index contributed by atoms with van der Waals surface area (Å²) in [6, 6.07) is 19.6. The molecule has 4 rings (SSSR count). The monoisotopic (exact) mass is 439 g/mol. The second-order valence-electron chi connectivity index (χ2n) is 7.09. The van der Waals surface area contributed by atoms with Crippen molar-refractivity contribution in [2.75, 3.05) is 18.0 Å². The van der Waals surface area contributed by atoms with Crippen LogP contribution in [-0.2, 0) is 22.6 Å². The lowest BCUT2D eigenvalue weighted by atomic mass is 10.1. The number of nitrogens with one attached hydrogen (secondary N) is 2. The maximum absolute atomic E-state index is 12.4. The molecular formula is C23H22ClN3O2S. The molecule has 0 spiro atoms. The molecule has 0 aliphatic carbocycles. The Labute approximate surface area is 184 Å². The van der Waals surface area contributed by atoms with Gasteiger partial charge in [-0.2, -0.15) is 0 Å². The van der Waals surface area contributed by atoms with Crippen molar-refractivity contribution >= 4 is 40.4 Å². The van der Waals surface area contributed by atoms with Gasteiger partial charge in [0.2, 0.25) is 0 Å². The van der Waals surface area contributed by atoms with Gasteiger partial charge in [-0.15, -0.1) is 11.3 Å². The molecule has 2 heterocycles. The Morgan fingerprint density at radius 3 is 2.57 bits per heavy atom. The molecule has 0 fully saturated rings. The second-order valence-corrected chi connectivity index (χ2v) is 8.47. The summed E-state index contributed by atoms with van der Waals surface area (Å²) in [6.45, 7) is 1.45. The minimum absolute atomic E-state index is 0.0195. The number of nitrogens with zero attached hydrogens (tertiary/aromatic N) is 1. The third kappa shape index (κ3) is 4.50. The number of anilines is 1. The van der Waals surface area contributed by atoms with Crippen LogP contribution in [0.3, 0.4) is 0 Å². The fourth-order valence-electron chi connectivity index (χ4n) is 3.70. The smallest absolute Gasteiger partial charge is 0.309 e. The predicted octanol–water partition coefficient (Wildman–Crippen LogP) is 3.94. The average Bonchev–Trinajstić information content (AvgIpc) is 3.44. The quantitative estimate of drug-likeness (QED) is 0.572. The molecule has 154 valence electrons. The Hall–Kier alpha value is -2.83. The predicted molar refractivity (Wildman–Crippen MR) is 121 cm³/mol. The van der Waals surface area contributed by atoms with Gasteiger partial charge in [0.1, 0.15) is 0 Å². The van der Waals surface area contributed by atoms with Crippen LogP contribution in [-0.4, -0.2) is 24.9 Å². The van der Waals surface area contributed by atoms with Crippen molar-refractivity contribution in [3.63, 3.8) is 0 Å². The summed E-state index contributed by atoms with van der Waals surface area (Å²) < 4.78 is 0.